The highest BCUT2D eigenvalue weighted by Gasteiger charge is 2.22. The number of nitrogens with two attached hydrogens (primary N) is 1. The standard InChI is InChI=1S/C17H26BrNO/c1-3-13-4-6-16(7-5-13)20-17-12(2)10-15(18)11-14(17)8-9-19/h10-11,13,16H,3-9,19H2,1-2H3. The number of ether oxygens (including phenoxy) is 1. The summed E-state index contributed by atoms with van der Waals surface area (Å²) in [5, 5.41) is 0. The van der Waals surface area contributed by atoms with E-state index in [4.69, 9.17) is 10.5 Å². The van der Waals surface area contributed by atoms with E-state index in [2.05, 4.69) is 41.9 Å². The lowest BCUT2D eigenvalue weighted by atomic mass is 9.86. The van der Waals surface area contributed by atoms with Gasteiger partial charge in [-0.2, -0.15) is 0 Å². The van der Waals surface area contributed by atoms with E-state index in [1.807, 2.05) is 0 Å². The molecule has 2 nitrogen and oxygen atoms in total. The zero-order chi connectivity index (χ0) is 14.5. The Kier molecular flexibility index (Phi) is 5.91. The monoisotopic (exact) mass is 339 g/mol. The molecule has 0 atom stereocenters. The smallest absolute Gasteiger partial charge is 0.125 e. The molecule has 0 heterocycles. The molecule has 1 aliphatic carbocycles. The van der Waals surface area contributed by atoms with Gasteiger partial charge in [0, 0.05) is 4.47 Å². The molecule has 0 spiro atoms. The molecule has 2 N–H and O–H groups in total. The lowest BCUT2D eigenvalue weighted by Crippen LogP contribution is -2.24. The van der Waals surface area contributed by atoms with Crippen LogP contribution in [0.4, 0.5) is 0 Å². The summed E-state index contributed by atoms with van der Waals surface area (Å²) in [6.07, 6.45) is 7.56. The Morgan fingerprint density at radius 2 is 1.95 bits per heavy atom. The number of hydrogen-bond donors (Lipinski definition) is 1. The van der Waals surface area contributed by atoms with Gasteiger partial charge in [-0.3, -0.25) is 0 Å². The van der Waals surface area contributed by atoms with Crippen molar-refractivity contribution in [2.75, 3.05) is 6.54 Å². The van der Waals surface area contributed by atoms with Gasteiger partial charge >= 0.3 is 0 Å². The van der Waals surface area contributed by atoms with E-state index in [1.165, 1.54) is 43.2 Å². The molecule has 3 heteroatoms. The van der Waals surface area contributed by atoms with Crippen LogP contribution in [-0.4, -0.2) is 12.6 Å². The Hall–Kier alpha value is -0.540. The first-order valence-corrected chi connectivity index (χ1v) is 8.59. The molecule has 1 aromatic carbocycles. The maximum atomic E-state index is 6.34. The molecule has 0 amide bonds. The fourth-order valence-corrected chi connectivity index (χ4v) is 3.75. The minimum atomic E-state index is 0.384. The number of aryl methyl sites for hydroxylation is 1. The average molecular weight is 340 g/mol. The van der Waals surface area contributed by atoms with Crippen molar-refractivity contribution >= 4 is 15.9 Å². The second-order valence-corrected chi connectivity index (χ2v) is 6.83. The van der Waals surface area contributed by atoms with Crippen molar-refractivity contribution in [3.63, 3.8) is 0 Å². The first kappa shape index (κ1) is 15.8. The molecule has 1 fully saturated rings. The van der Waals surface area contributed by atoms with Gasteiger partial charge in [0.05, 0.1) is 6.10 Å². The largest absolute Gasteiger partial charge is 0.490 e. The zero-order valence-corrected chi connectivity index (χ0v) is 14.2. The van der Waals surface area contributed by atoms with Crippen LogP contribution in [0.1, 0.15) is 50.2 Å². The fraction of sp³-hybridized carbons (Fsp3) is 0.647. The van der Waals surface area contributed by atoms with Crippen LogP contribution in [0.25, 0.3) is 0 Å². The molecular weight excluding hydrogens is 314 g/mol. The van der Waals surface area contributed by atoms with Gasteiger partial charge in [0.2, 0.25) is 0 Å². The minimum Gasteiger partial charge on any atom is -0.490 e. The van der Waals surface area contributed by atoms with E-state index in [0.717, 1.165) is 22.6 Å². The molecule has 2 rings (SSSR count). The summed E-state index contributed by atoms with van der Waals surface area (Å²) in [5.41, 5.74) is 8.17. The van der Waals surface area contributed by atoms with Crippen LogP contribution in [-0.2, 0) is 6.42 Å². The molecule has 112 valence electrons. The van der Waals surface area contributed by atoms with E-state index in [-0.39, 0.29) is 0 Å². The Balaban J connectivity index is 2.08. The molecule has 0 aromatic heterocycles. The molecule has 1 saturated carbocycles. The average Bonchev–Trinajstić information content (AvgIpc) is 2.43. The van der Waals surface area contributed by atoms with E-state index >= 15 is 0 Å². The first-order chi connectivity index (χ1) is 9.63. The third-order valence-electron chi connectivity index (χ3n) is 4.39. The number of halogens is 1. The van der Waals surface area contributed by atoms with Gasteiger partial charge in [-0.1, -0.05) is 29.3 Å². The van der Waals surface area contributed by atoms with E-state index in [9.17, 15) is 0 Å². The summed E-state index contributed by atoms with van der Waals surface area (Å²) in [5.74, 6) is 1.97. The number of rotatable bonds is 5. The van der Waals surface area contributed by atoms with Crippen molar-refractivity contribution in [1.29, 1.82) is 0 Å². The molecule has 20 heavy (non-hydrogen) atoms. The second kappa shape index (κ2) is 7.46. The highest BCUT2D eigenvalue weighted by Crippen LogP contribution is 2.33. The SMILES string of the molecule is CCC1CCC(Oc2c(C)cc(Br)cc2CCN)CC1. The Morgan fingerprint density at radius 1 is 1.25 bits per heavy atom. The maximum Gasteiger partial charge on any atom is 0.125 e. The Bertz CT molecular complexity index is 439. The van der Waals surface area contributed by atoms with Crippen LogP contribution in [0.5, 0.6) is 5.75 Å². The molecular formula is C17H26BrNO. The van der Waals surface area contributed by atoms with Gasteiger partial charge < -0.3 is 10.5 Å². The van der Waals surface area contributed by atoms with Crippen LogP contribution in [0.2, 0.25) is 0 Å². The molecule has 1 aliphatic rings. The van der Waals surface area contributed by atoms with Crippen LogP contribution in [0, 0.1) is 12.8 Å². The van der Waals surface area contributed by atoms with Crippen molar-refractivity contribution in [2.45, 2.75) is 58.5 Å². The molecule has 0 aliphatic heterocycles. The first-order valence-electron chi connectivity index (χ1n) is 7.79. The summed E-state index contributed by atoms with van der Waals surface area (Å²) in [6, 6.07) is 4.28. The minimum absolute atomic E-state index is 0.384. The van der Waals surface area contributed by atoms with E-state index in [0.29, 0.717) is 12.6 Å². The van der Waals surface area contributed by atoms with Gasteiger partial charge in [0.15, 0.2) is 0 Å². The van der Waals surface area contributed by atoms with Crippen molar-refractivity contribution in [3.05, 3.63) is 27.7 Å². The number of hydrogen-bond acceptors (Lipinski definition) is 2. The third-order valence-corrected chi connectivity index (χ3v) is 4.84. The lowest BCUT2D eigenvalue weighted by molar-refractivity contribution is 0.128. The van der Waals surface area contributed by atoms with Crippen molar-refractivity contribution in [1.82, 2.24) is 0 Å². The highest BCUT2D eigenvalue weighted by molar-refractivity contribution is 9.10. The quantitative estimate of drug-likeness (QED) is 0.850. The summed E-state index contributed by atoms with van der Waals surface area (Å²) < 4.78 is 7.45. The molecule has 1 aromatic rings. The number of benzene rings is 1. The van der Waals surface area contributed by atoms with E-state index < -0.39 is 0 Å². The summed E-state index contributed by atoms with van der Waals surface area (Å²) in [4.78, 5) is 0. The van der Waals surface area contributed by atoms with Crippen molar-refractivity contribution in [3.8, 4) is 5.75 Å². The highest BCUT2D eigenvalue weighted by atomic mass is 79.9. The topological polar surface area (TPSA) is 35.2 Å². The molecule has 0 bridgehead atoms. The van der Waals surface area contributed by atoms with Crippen LogP contribution in [0.3, 0.4) is 0 Å². The van der Waals surface area contributed by atoms with Crippen LogP contribution >= 0.6 is 15.9 Å². The van der Waals surface area contributed by atoms with Gasteiger partial charge in [0.1, 0.15) is 5.75 Å². The van der Waals surface area contributed by atoms with Gasteiger partial charge in [0.25, 0.3) is 0 Å². The van der Waals surface area contributed by atoms with Gasteiger partial charge in [-0.25, -0.2) is 0 Å². The Labute approximate surface area is 131 Å². The predicted molar refractivity (Wildman–Crippen MR) is 88.3 cm³/mol. The van der Waals surface area contributed by atoms with Gasteiger partial charge in [-0.15, -0.1) is 0 Å². The zero-order valence-electron chi connectivity index (χ0n) is 12.6. The molecule has 0 unspecified atom stereocenters. The van der Waals surface area contributed by atoms with Crippen LogP contribution < -0.4 is 10.5 Å². The summed E-state index contributed by atoms with van der Waals surface area (Å²) >= 11 is 3.56. The third kappa shape index (κ3) is 3.98. The maximum absolute atomic E-state index is 6.34. The van der Waals surface area contributed by atoms with Crippen molar-refractivity contribution < 1.29 is 4.74 Å². The van der Waals surface area contributed by atoms with E-state index in [1.54, 1.807) is 0 Å². The normalized spacial score (nSPS) is 22.8. The fourth-order valence-electron chi connectivity index (χ4n) is 3.13. The van der Waals surface area contributed by atoms with Crippen LogP contribution in [0.15, 0.2) is 16.6 Å². The lowest BCUT2D eigenvalue weighted by Gasteiger charge is -2.29. The summed E-state index contributed by atoms with van der Waals surface area (Å²) in [6.45, 7) is 5.08. The molecule has 0 saturated heterocycles. The van der Waals surface area contributed by atoms with Gasteiger partial charge in [-0.05, 0) is 74.8 Å². The molecule has 0 radical (unpaired) electrons. The van der Waals surface area contributed by atoms with Crippen molar-refractivity contribution in [2.24, 2.45) is 11.7 Å². The Morgan fingerprint density at radius 3 is 2.55 bits per heavy atom. The second-order valence-electron chi connectivity index (χ2n) is 5.92. The predicted octanol–water partition coefficient (Wildman–Crippen LogP) is 4.61. The summed E-state index contributed by atoms with van der Waals surface area (Å²) in [7, 11) is 0.